The Morgan fingerprint density at radius 2 is 2.00 bits per heavy atom. The van der Waals surface area contributed by atoms with Crippen LogP contribution in [0.2, 0.25) is 0 Å². The molecule has 1 atom stereocenters. The number of benzene rings is 2. The Hall–Kier alpha value is -1.75. The van der Waals surface area contributed by atoms with E-state index in [4.69, 9.17) is 4.74 Å². The SMILES string of the molecule is c1ccc2c(c1)COCC2NCc1nc2ccccc2s1. The fourth-order valence-corrected chi connectivity index (χ4v) is 3.68. The molecule has 2 aromatic carbocycles. The van der Waals surface area contributed by atoms with Gasteiger partial charge in [0.2, 0.25) is 0 Å². The summed E-state index contributed by atoms with van der Waals surface area (Å²) in [5, 5.41) is 4.70. The van der Waals surface area contributed by atoms with Crippen molar-refractivity contribution in [2.45, 2.75) is 19.2 Å². The average Bonchev–Trinajstić information content (AvgIpc) is 2.96. The molecule has 106 valence electrons. The van der Waals surface area contributed by atoms with Gasteiger partial charge in [-0.3, -0.25) is 0 Å². The fourth-order valence-electron chi connectivity index (χ4n) is 2.76. The van der Waals surface area contributed by atoms with Gasteiger partial charge in [0.15, 0.2) is 0 Å². The summed E-state index contributed by atoms with van der Waals surface area (Å²) in [5.74, 6) is 0. The van der Waals surface area contributed by atoms with Crippen molar-refractivity contribution in [3.05, 3.63) is 64.7 Å². The van der Waals surface area contributed by atoms with E-state index >= 15 is 0 Å². The molecule has 3 aromatic rings. The van der Waals surface area contributed by atoms with Crippen molar-refractivity contribution in [1.29, 1.82) is 0 Å². The van der Waals surface area contributed by atoms with Crippen LogP contribution in [0, 0.1) is 0 Å². The topological polar surface area (TPSA) is 34.1 Å². The Balaban J connectivity index is 1.52. The van der Waals surface area contributed by atoms with E-state index in [2.05, 4.69) is 52.8 Å². The van der Waals surface area contributed by atoms with Crippen molar-refractivity contribution in [2.24, 2.45) is 0 Å². The summed E-state index contributed by atoms with van der Waals surface area (Å²) in [7, 11) is 0. The molecule has 1 unspecified atom stereocenters. The zero-order valence-corrected chi connectivity index (χ0v) is 12.4. The van der Waals surface area contributed by atoms with Crippen LogP contribution in [0.3, 0.4) is 0 Å². The first-order valence-electron chi connectivity index (χ1n) is 7.13. The minimum atomic E-state index is 0.252. The summed E-state index contributed by atoms with van der Waals surface area (Å²) in [5.41, 5.74) is 3.72. The number of hydrogen-bond donors (Lipinski definition) is 1. The first-order valence-corrected chi connectivity index (χ1v) is 7.95. The molecule has 1 aliphatic heterocycles. The monoisotopic (exact) mass is 296 g/mol. The van der Waals surface area contributed by atoms with Crippen LogP contribution in [0.1, 0.15) is 22.2 Å². The quantitative estimate of drug-likeness (QED) is 0.801. The molecule has 1 aromatic heterocycles. The molecule has 0 spiro atoms. The van der Waals surface area contributed by atoms with Crippen LogP contribution in [-0.4, -0.2) is 11.6 Å². The highest BCUT2D eigenvalue weighted by Crippen LogP contribution is 2.26. The summed E-state index contributed by atoms with van der Waals surface area (Å²) in [6.07, 6.45) is 0. The lowest BCUT2D eigenvalue weighted by Gasteiger charge is -2.26. The highest BCUT2D eigenvalue weighted by atomic mass is 32.1. The summed E-state index contributed by atoms with van der Waals surface area (Å²) in [6.45, 7) is 2.22. The van der Waals surface area contributed by atoms with Crippen molar-refractivity contribution < 1.29 is 4.74 Å². The van der Waals surface area contributed by atoms with Gasteiger partial charge in [0.1, 0.15) is 5.01 Å². The molecule has 0 saturated carbocycles. The molecule has 0 amide bonds. The second-order valence-corrected chi connectivity index (χ2v) is 6.34. The zero-order chi connectivity index (χ0) is 14.1. The van der Waals surface area contributed by atoms with Gasteiger partial charge in [-0.2, -0.15) is 0 Å². The van der Waals surface area contributed by atoms with E-state index in [0.717, 1.165) is 30.3 Å². The molecule has 0 aliphatic carbocycles. The standard InChI is InChI=1S/C17H16N2OS/c1-2-6-13-12(5-1)10-20-11-15(13)18-9-17-19-14-7-3-4-8-16(14)21-17/h1-8,15,18H,9-11H2. The number of thiazole rings is 1. The Morgan fingerprint density at radius 1 is 1.14 bits per heavy atom. The van der Waals surface area contributed by atoms with Crippen molar-refractivity contribution >= 4 is 21.6 Å². The van der Waals surface area contributed by atoms with E-state index in [0.29, 0.717) is 0 Å². The van der Waals surface area contributed by atoms with Gasteiger partial charge >= 0.3 is 0 Å². The maximum Gasteiger partial charge on any atom is 0.108 e. The van der Waals surface area contributed by atoms with Gasteiger partial charge in [-0.15, -0.1) is 11.3 Å². The molecule has 4 rings (SSSR count). The van der Waals surface area contributed by atoms with E-state index in [9.17, 15) is 0 Å². The predicted octanol–water partition coefficient (Wildman–Crippen LogP) is 3.66. The molecule has 1 N–H and O–H groups in total. The molecule has 0 saturated heterocycles. The van der Waals surface area contributed by atoms with Crippen LogP contribution in [0.15, 0.2) is 48.5 Å². The number of nitrogens with one attached hydrogen (secondary N) is 1. The highest BCUT2D eigenvalue weighted by Gasteiger charge is 2.20. The maximum absolute atomic E-state index is 5.68. The average molecular weight is 296 g/mol. The van der Waals surface area contributed by atoms with Crippen LogP contribution >= 0.6 is 11.3 Å². The second kappa shape index (κ2) is 5.56. The van der Waals surface area contributed by atoms with Gasteiger partial charge in [-0.25, -0.2) is 4.98 Å². The summed E-state index contributed by atoms with van der Waals surface area (Å²) < 4.78 is 6.92. The molecule has 2 heterocycles. The Kier molecular flexibility index (Phi) is 3.43. The van der Waals surface area contributed by atoms with Crippen molar-refractivity contribution in [3.8, 4) is 0 Å². The molecule has 3 nitrogen and oxygen atoms in total. The Morgan fingerprint density at radius 3 is 2.95 bits per heavy atom. The third-order valence-corrected chi connectivity index (χ3v) is 4.85. The van der Waals surface area contributed by atoms with E-state index in [1.807, 2.05) is 6.07 Å². The number of fused-ring (bicyclic) bond motifs is 2. The summed E-state index contributed by atoms with van der Waals surface area (Å²) in [6, 6.07) is 17.0. The Bertz CT molecular complexity index is 735. The summed E-state index contributed by atoms with van der Waals surface area (Å²) in [4.78, 5) is 4.67. The molecule has 21 heavy (non-hydrogen) atoms. The minimum Gasteiger partial charge on any atom is -0.375 e. The van der Waals surface area contributed by atoms with Gasteiger partial charge in [-0.05, 0) is 23.3 Å². The minimum absolute atomic E-state index is 0.252. The lowest BCUT2D eigenvalue weighted by atomic mass is 9.99. The Labute approximate surface area is 127 Å². The number of para-hydroxylation sites is 1. The number of aromatic nitrogens is 1. The zero-order valence-electron chi connectivity index (χ0n) is 11.6. The van der Waals surface area contributed by atoms with Gasteiger partial charge in [0.25, 0.3) is 0 Å². The van der Waals surface area contributed by atoms with Crippen LogP contribution < -0.4 is 5.32 Å². The third kappa shape index (κ3) is 2.58. The van der Waals surface area contributed by atoms with Crippen molar-refractivity contribution in [1.82, 2.24) is 10.3 Å². The van der Waals surface area contributed by atoms with Gasteiger partial charge < -0.3 is 10.1 Å². The maximum atomic E-state index is 5.68. The molecule has 0 radical (unpaired) electrons. The van der Waals surface area contributed by atoms with Gasteiger partial charge in [0, 0.05) is 6.54 Å². The van der Waals surface area contributed by atoms with E-state index in [1.165, 1.54) is 15.8 Å². The van der Waals surface area contributed by atoms with E-state index in [-0.39, 0.29) is 6.04 Å². The van der Waals surface area contributed by atoms with Crippen LogP contribution in [0.4, 0.5) is 0 Å². The summed E-state index contributed by atoms with van der Waals surface area (Å²) >= 11 is 1.75. The number of hydrogen-bond acceptors (Lipinski definition) is 4. The highest BCUT2D eigenvalue weighted by molar-refractivity contribution is 7.18. The van der Waals surface area contributed by atoms with Crippen LogP contribution in [0.5, 0.6) is 0 Å². The fraction of sp³-hybridized carbons (Fsp3) is 0.235. The predicted molar refractivity (Wildman–Crippen MR) is 85.3 cm³/mol. The van der Waals surface area contributed by atoms with Crippen molar-refractivity contribution in [2.75, 3.05) is 6.61 Å². The second-order valence-electron chi connectivity index (χ2n) is 5.22. The largest absolute Gasteiger partial charge is 0.375 e. The van der Waals surface area contributed by atoms with Crippen LogP contribution in [0.25, 0.3) is 10.2 Å². The number of nitrogens with zero attached hydrogens (tertiary/aromatic N) is 1. The van der Waals surface area contributed by atoms with Crippen molar-refractivity contribution in [3.63, 3.8) is 0 Å². The van der Waals surface area contributed by atoms with Crippen LogP contribution in [-0.2, 0) is 17.9 Å². The first-order chi connectivity index (χ1) is 10.4. The van der Waals surface area contributed by atoms with E-state index in [1.54, 1.807) is 11.3 Å². The van der Waals surface area contributed by atoms with E-state index < -0.39 is 0 Å². The molecule has 0 fully saturated rings. The number of ether oxygens (including phenoxy) is 1. The molecule has 1 aliphatic rings. The smallest absolute Gasteiger partial charge is 0.108 e. The first kappa shape index (κ1) is 13.0. The molecular formula is C17H16N2OS. The molecular weight excluding hydrogens is 280 g/mol. The molecule has 4 heteroatoms. The van der Waals surface area contributed by atoms with Gasteiger partial charge in [-0.1, -0.05) is 36.4 Å². The van der Waals surface area contributed by atoms with Gasteiger partial charge in [0.05, 0.1) is 29.5 Å². The lowest BCUT2D eigenvalue weighted by Crippen LogP contribution is -2.29. The molecule has 0 bridgehead atoms. The third-order valence-electron chi connectivity index (χ3n) is 3.81. The normalized spacial score (nSPS) is 17.8. The lowest BCUT2D eigenvalue weighted by molar-refractivity contribution is 0.0817. The number of rotatable bonds is 3.